The Bertz CT molecular complexity index is 639. The number of piperidine rings is 2. The predicted octanol–water partition coefficient (Wildman–Crippen LogP) is 3.05. The van der Waals surface area contributed by atoms with Gasteiger partial charge in [-0.2, -0.15) is 0 Å². The summed E-state index contributed by atoms with van der Waals surface area (Å²) in [4.78, 5) is 30.0. The average Bonchev–Trinajstić information content (AvgIpc) is 2.72. The van der Waals surface area contributed by atoms with Crippen molar-refractivity contribution in [2.45, 2.75) is 58.5 Å². The third-order valence-corrected chi connectivity index (χ3v) is 5.99. The number of hydrogen-bond acceptors (Lipinski definition) is 3. The van der Waals surface area contributed by atoms with Crippen molar-refractivity contribution in [2.75, 3.05) is 26.2 Å². The molecule has 0 aromatic heterocycles. The van der Waals surface area contributed by atoms with Gasteiger partial charge in [-0.15, -0.1) is 0 Å². The topological polar surface area (TPSA) is 52.7 Å². The number of amides is 2. The van der Waals surface area contributed by atoms with Crippen molar-refractivity contribution < 1.29 is 9.59 Å². The first-order valence-electron chi connectivity index (χ1n) is 10.9. The van der Waals surface area contributed by atoms with Gasteiger partial charge >= 0.3 is 0 Å². The normalized spacial score (nSPS) is 21.7. The van der Waals surface area contributed by atoms with Crippen LogP contribution in [0.4, 0.5) is 0 Å². The smallest absolute Gasteiger partial charge is 0.239 e. The Labute approximate surface area is 169 Å². The van der Waals surface area contributed by atoms with E-state index in [1.165, 1.54) is 6.42 Å². The highest BCUT2D eigenvalue weighted by Gasteiger charge is 2.34. The number of likely N-dealkylation sites (tertiary alicyclic amines) is 2. The molecule has 0 saturated carbocycles. The van der Waals surface area contributed by atoms with Crippen LogP contribution in [0.3, 0.4) is 0 Å². The van der Waals surface area contributed by atoms with Gasteiger partial charge in [0.25, 0.3) is 0 Å². The van der Waals surface area contributed by atoms with E-state index in [1.807, 2.05) is 35.2 Å². The second-order valence-electron chi connectivity index (χ2n) is 8.70. The zero-order valence-electron chi connectivity index (χ0n) is 17.4. The van der Waals surface area contributed by atoms with Crippen LogP contribution in [0.25, 0.3) is 0 Å². The Morgan fingerprint density at radius 2 is 1.75 bits per heavy atom. The minimum atomic E-state index is 0.0193. The molecule has 1 unspecified atom stereocenters. The Kier molecular flexibility index (Phi) is 7.49. The molecule has 1 aromatic carbocycles. The minimum absolute atomic E-state index is 0.0193. The third-order valence-electron chi connectivity index (χ3n) is 5.99. The maximum atomic E-state index is 13.1. The number of nitrogens with zero attached hydrogens (tertiary/aromatic N) is 2. The van der Waals surface area contributed by atoms with Crippen LogP contribution in [0.5, 0.6) is 0 Å². The molecule has 2 amide bonds. The van der Waals surface area contributed by atoms with Crippen LogP contribution in [0.15, 0.2) is 30.3 Å². The van der Waals surface area contributed by atoms with E-state index in [4.69, 9.17) is 0 Å². The van der Waals surface area contributed by atoms with Gasteiger partial charge in [-0.05, 0) is 43.7 Å². The highest BCUT2D eigenvalue weighted by Crippen LogP contribution is 2.24. The van der Waals surface area contributed by atoms with E-state index >= 15 is 0 Å². The van der Waals surface area contributed by atoms with Crippen molar-refractivity contribution in [3.8, 4) is 0 Å². The fraction of sp³-hybridized carbons (Fsp3) is 0.652. The first-order chi connectivity index (χ1) is 13.5. The molecule has 154 valence electrons. The van der Waals surface area contributed by atoms with Crippen molar-refractivity contribution in [1.29, 1.82) is 0 Å². The molecule has 5 nitrogen and oxygen atoms in total. The first-order valence-corrected chi connectivity index (χ1v) is 10.9. The number of hydrogen-bond donors (Lipinski definition) is 1. The Morgan fingerprint density at radius 3 is 2.43 bits per heavy atom. The first kappa shape index (κ1) is 20.8. The summed E-state index contributed by atoms with van der Waals surface area (Å²) < 4.78 is 0. The van der Waals surface area contributed by atoms with Crippen molar-refractivity contribution >= 4 is 11.8 Å². The molecule has 1 aromatic rings. The standard InChI is InChI=1S/C23H35N3O2/c1-18(2)17-26-13-7-6-10-21(26)23(28)25-14-11-20(12-15-25)22(27)24-16-19-8-4-3-5-9-19/h3-5,8-9,18,20-21H,6-7,10-17H2,1-2H3,(H,24,27). The van der Waals surface area contributed by atoms with Gasteiger partial charge in [0, 0.05) is 32.1 Å². The molecule has 0 spiro atoms. The van der Waals surface area contributed by atoms with Gasteiger partial charge in [-0.1, -0.05) is 50.6 Å². The summed E-state index contributed by atoms with van der Waals surface area (Å²) in [6, 6.07) is 10.0. The van der Waals surface area contributed by atoms with Crippen LogP contribution in [0.1, 0.15) is 51.5 Å². The second-order valence-corrected chi connectivity index (χ2v) is 8.70. The summed E-state index contributed by atoms with van der Waals surface area (Å²) in [6.45, 7) is 8.45. The van der Waals surface area contributed by atoms with Gasteiger partial charge in [0.05, 0.1) is 6.04 Å². The number of carbonyl (C=O) groups excluding carboxylic acids is 2. The summed E-state index contributed by atoms with van der Waals surface area (Å²) in [5, 5.41) is 3.05. The largest absolute Gasteiger partial charge is 0.352 e. The van der Waals surface area contributed by atoms with Crippen molar-refractivity contribution in [2.24, 2.45) is 11.8 Å². The van der Waals surface area contributed by atoms with E-state index in [2.05, 4.69) is 24.1 Å². The fourth-order valence-corrected chi connectivity index (χ4v) is 4.46. The molecule has 2 fully saturated rings. The van der Waals surface area contributed by atoms with Crippen molar-refractivity contribution in [3.63, 3.8) is 0 Å². The summed E-state index contributed by atoms with van der Waals surface area (Å²) in [5.74, 6) is 0.997. The molecular weight excluding hydrogens is 350 g/mol. The zero-order chi connectivity index (χ0) is 19.9. The van der Waals surface area contributed by atoms with E-state index < -0.39 is 0 Å². The van der Waals surface area contributed by atoms with Crippen LogP contribution < -0.4 is 5.32 Å². The lowest BCUT2D eigenvalue weighted by atomic mass is 9.93. The highest BCUT2D eigenvalue weighted by molar-refractivity contribution is 5.83. The molecule has 1 N–H and O–H groups in total. The molecule has 5 heteroatoms. The molecule has 2 aliphatic heterocycles. The Morgan fingerprint density at radius 1 is 1.04 bits per heavy atom. The maximum absolute atomic E-state index is 13.1. The average molecular weight is 386 g/mol. The van der Waals surface area contributed by atoms with Crippen molar-refractivity contribution in [1.82, 2.24) is 15.1 Å². The molecule has 2 saturated heterocycles. The number of nitrogens with one attached hydrogen (secondary N) is 1. The maximum Gasteiger partial charge on any atom is 0.239 e. The third kappa shape index (κ3) is 5.57. The molecule has 2 aliphatic rings. The van der Waals surface area contributed by atoms with Crippen molar-refractivity contribution in [3.05, 3.63) is 35.9 Å². The second kappa shape index (κ2) is 10.1. The summed E-state index contributed by atoms with van der Waals surface area (Å²) in [5.41, 5.74) is 1.12. The summed E-state index contributed by atoms with van der Waals surface area (Å²) in [6.07, 6.45) is 4.85. The van der Waals surface area contributed by atoms with Gasteiger partial charge in [0.15, 0.2) is 0 Å². The number of carbonyl (C=O) groups is 2. The van der Waals surface area contributed by atoms with Crippen LogP contribution in [0.2, 0.25) is 0 Å². The van der Waals surface area contributed by atoms with E-state index in [0.29, 0.717) is 25.6 Å². The minimum Gasteiger partial charge on any atom is -0.352 e. The van der Waals surface area contributed by atoms with Crippen LogP contribution >= 0.6 is 0 Å². The summed E-state index contributed by atoms with van der Waals surface area (Å²) >= 11 is 0. The Hall–Kier alpha value is -1.88. The predicted molar refractivity (Wildman–Crippen MR) is 112 cm³/mol. The molecule has 28 heavy (non-hydrogen) atoms. The lowest BCUT2D eigenvalue weighted by Crippen LogP contribution is -2.54. The lowest BCUT2D eigenvalue weighted by molar-refractivity contribution is -0.141. The van der Waals surface area contributed by atoms with Gasteiger partial charge in [0.1, 0.15) is 0 Å². The highest BCUT2D eigenvalue weighted by atomic mass is 16.2. The zero-order valence-corrected chi connectivity index (χ0v) is 17.4. The van der Waals surface area contributed by atoms with E-state index in [-0.39, 0.29) is 23.8 Å². The summed E-state index contributed by atoms with van der Waals surface area (Å²) in [7, 11) is 0. The lowest BCUT2D eigenvalue weighted by Gasteiger charge is -2.40. The number of benzene rings is 1. The quantitative estimate of drug-likeness (QED) is 0.819. The molecule has 0 bridgehead atoms. The number of rotatable bonds is 6. The molecule has 1 atom stereocenters. The van der Waals surface area contributed by atoms with Crippen LogP contribution in [-0.2, 0) is 16.1 Å². The molecular formula is C23H35N3O2. The SMILES string of the molecule is CC(C)CN1CCCCC1C(=O)N1CCC(C(=O)NCc2ccccc2)CC1. The van der Waals surface area contributed by atoms with Gasteiger partial charge in [-0.3, -0.25) is 14.5 Å². The van der Waals surface area contributed by atoms with Crippen LogP contribution in [-0.4, -0.2) is 53.8 Å². The molecule has 0 aliphatic carbocycles. The fourth-order valence-electron chi connectivity index (χ4n) is 4.46. The van der Waals surface area contributed by atoms with E-state index in [1.54, 1.807) is 0 Å². The monoisotopic (exact) mass is 385 g/mol. The van der Waals surface area contributed by atoms with Gasteiger partial charge in [-0.25, -0.2) is 0 Å². The molecule has 0 radical (unpaired) electrons. The van der Waals surface area contributed by atoms with Gasteiger partial charge < -0.3 is 10.2 Å². The van der Waals surface area contributed by atoms with Crippen LogP contribution in [0, 0.1) is 11.8 Å². The van der Waals surface area contributed by atoms with E-state index in [9.17, 15) is 9.59 Å². The Balaban J connectivity index is 1.47. The molecule has 3 rings (SSSR count). The molecule has 2 heterocycles. The van der Waals surface area contributed by atoms with Gasteiger partial charge in [0.2, 0.25) is 11.8 Å². The van der Waals surface area contributed by atoms with E-state index in [0.717, 1.165) is 44.3 Å².